The summed E-state index contributed by atoms with van der Waals surface area (Å²) in [6, 6.07) is 6.14. The molecule has 2 aliphatic rings. The lowest BCUT2D eigenvalue weighted by atomic mass is 9.77. The first kappa shape index (κ1) is 20.0. The van der Waals surface area contributed by atoms with Gasteiger partial charge in [0.1, 0.15) is 0 Å². The van der Waals surface area contributed by atoms with Gasteiger partial charge in [-0.05, 0) is 50.2 Å². The van der Waals surface area contributed by atoms with Crippen LogP contribution in [0, 0.1) is 5.41 Å². The van der Waals surface area contributed by atoms with Crippen molar-refractivity contribution in [1.29, 1.82) is 0 Å². The molecule has 1 saturated carbocycles. The van der Waals surface area contributed by atoms with Crippen LogP contribution in [0.15, 0.2) is 45.4 Å². The molecule has 0 bridgehead atoms. The Morgan fingerprint density at radius 3 is 2.76 bits per heavy atom. The molecular formula is C22H29N5OS. The number of rotatable bonds is 4. The van der Waals surface area contributed by atoms with E-state index in [1.807, 2.05) is 24.5 Å². The van der Waals surface area contributed by atoms with E-state index < -0.39 is 0 Å². The van der Waals surface area contributed by atoms with Crippen LogP contribution < -0.4 is 0 Å². The van der Waals surface area contributed by atoms with Crippen LogP contribution in [0.25, 0.3) is 10.9 Å². The molecule has 154 valence electrons. The fraction of sp³-hybridized carbons (Fsp3) is 0.500. The smallest absolute Gasteiger partial charge is 0.216 e. The van der Waals surface area contributed by atoms with Gasteiger partial charge in [0.05, 0.1) is 11.7 Å². The number of H-pyrrole nitrogens is 1. The van der Waals surface area contributed by atoms with Gasteiger partial charge in [-0.1, -0.05) is 30.7 Å². The van der Waals surface area contributed by atoms with Gasteiger partial charge in [-0.3, -0.25) is 14.8 Å². The topological polar surface area (TPSA) is 64.6 Å². The van der Waals surface area contributed by atoms with Crippen molar-refractivity contribution >= 4 is 35.0 Å². The Balaban J connectivity index is 1.49. The monoisotopic (exact) mass is 411 g/mol. The van der Waals surface area contributed by atoms with E-state index >= 15 is 0 Å². The van der Waals surface area contributed by atoms with Crippen molar-refractivity contribution in [1.82, 2.24) is 20.0 Å². The number of hydrogen-bond donors (Lipinski definition) is 1. The second kappa shape index (κ2) is 8.61. The van der Waals surface area contributed by atoms with Crippen LogP contribution in [-0.4, -0.2) is 52.5 Å². The number of nitrogens with one attached hydrogen (secondary N) is 1. The van der Waals surface area contributed by atoms with Gasteiger partial charge in [-0.2, -0.15) is 5.10 Å². The molecule has 1 aromatic carbocycles. The van der Waals surface area contributed by atoms with Crippen LogP contribution in [0.4, 0.5) is 0 Å². The van der Waals surface area contributed by atoms with E-state index in [1.165, 1.54) is 38.5 Å². The van der Waals surface area contributed by atoms with Gasteiger partial charge in [-0.15, -0.1) is 0 Å². The number of fused-ring (bicyclic) bond motifs is 1. The van der Waals surface area contributed by atoms with Gasteiger partial charge in [0.15, 0.2) is 0 Å². The van der Waals surface area contributed by atoms with E-state index in [-0.39, 0.29) is 0 Å². The molecule has 0 unspecified atom stereocenters. The Morgan fingerprint density at radius 2 is 2.03 bits per heavy atom. The molecule has 1 spiro atoms. The van der Waals surface area contributed by atoms with Crippen LogP contribution >= 0.6 is 11.8 Å². The number of amides is 1. The first-order valence-corrected chi connectivity index (χ1v) is 11.2. The van der Waals surface area contributed by atoms with Crippen LogP contribution in [0.3, 0.4) is 0 Å². The summed E-state index contributed by atoms with van der Waals surface area (Å²) >= 11 is 1.67. The zero-order chi connectivity index (χ0) is 20.3. The minimum atomic E-state index is 0.548. The number of likely N-dealkylation sites (tertiary alicyclic amines) is 1. The molecule has 0 radical (unpaired) electrons. The zero-order valence-electron chi connectivity index (χ0n) is 17.2. The van der Waals surface area contributed by atoms with Gasteiger partial charge in [0.25, 0.3) is 0 Å². The zero-order valence-corrected chi connectivity index (χ0v) is 18.0. The summed E-state index contributed by atoms with van der Waals surface area (Å²) in [5.41, 5.74) is 1.58. The van der Waals surface area contributed by atoms with Crippen molar-refractivity contribution in [3.8, 4) is 0 Å². The summed E-state index contributed by atoms with van der Waals surface area (Å²) in [5.74, 6) is 0.745. The number of carbonyl (C=O) groups excluding carboxylic acids is 1. The average Bonchev–Trinajstić information content (AvgIpc) is 3.39. The summed E-state index contributed by atoms with van der Waals surface area (Å²) in [6.45, 7) is 4.01. The minimum absolute atomic E-state index is 0.548. The molecule has 1 saturated heterocycles. The van der Waals surface area contributed by atoms with Crippen molar-refractivity contribution in [3.05, 3.63) is 35.5 Å². The molecule has 1 amide bonds. The highest BCUT2D eigenvalue weighted by Crippen LogP contribution is 2.46. The number of hydrogen-bond acceptors (Lipinski definition) is 4. The average molecular weight is 412 g/mol. The van der Waals surface area contributed by atoms with Crippen molar-refractivity contribution in [3.63, 3.8) is 0 Å². The fourth-order valence-corrected chi connectivity index (χ4v) is 5.50. The van der Waals surface area contributed by atoms with Crippen LogP contribution in [0.1, 0.15) is 45.4 Å². The number of allylic oxidation sites excluding steroid dienone is 1. The molecule has 6 nitrogen and oxygen atoms in total. The largest absolute Gasteiger partial charge is 0.342 e. The number of aromatic nitrogens is 2. The number of carbonyl (C=O) groups is 1. The Kier molecular flexibility index (Phi) is 5.94. The number of thioether (sulfide) groups is 1. The summed E-state index contributed by atoms with van der Waals surface area (Å²) in [7, 11) is 1.79. The molecule has 29 heavy (non-hydrogen) atoms. The Labute approximate surface area is 176 Å². The van der Waals surface area contributed by atoms with Crippen molar-refractivity contribution < 1.29 is 4.79 Å². The number of nitrogens with zero attached hydrogens (tertiary/aromatic N) is 4. The molecule has 0 atom stereocenters. The molecule has 1 N–H and O–H groups in total. The maximum Gasteiger partial charge on any atom is 0.216 e. The normalized spacial score (nSPS) is 19.9. The number of aliphatic imine (C=N–C) groups is 1. The molecule has 2 fully saturated rings. The molecule has 1 aliphatic heterocycles. The number of benzene rings is 1. The van der Waals surface area contributed by atoms with Gasteiger partial charge in [0, 0.05) is 41.5 Å². The molecule has 2 heterocycles. The number of piperidine rings is 1. The summed E-state index contributed by atoms with van der Waals surface area (Å²) in [5, 5.41) is 8.25. The maximum absolute atomic E-state index is 11.5. The maximum atomic E-state index is 11.5. The van der Waals surface area contributed by atoms with Crippen LogP contribution in [0.2, 0.25) is 0 Å². The Morgan fingerprint density at radius 1 is 1.28 bits per heavy atom. The van der Waals surface area contributed by atoms with E-state index in [0.29, 0.717) is 5.41 Å². The third-order valence-electron chi connectivity index (χ3n) is 6.32. The van der Waals surface area contributed by atoms with E-state index in [4.69, 9.17) is 4.99 Å². The lowest BCUT2D eigenvalue weighted by Gasteiger charge is -2.41. The summed E-state index contributed by atoms with van der Waals surface area (Å²) < 4.78 is 0. The van der Waals surface area contributed by atoms with Crippen LogP contribution in [-0.2, 0) is 4.79 Å². The third kappa shape index (κ3) is 4.34. The second-order valence-corrected chi connectivity index (χ2v) is 9.56. The second-order valence-electron chi connectivity index (χ2n) is 8.27. The molecule has 1 aliphatic carbocycles. The van der Waals surface area contributed by atoms with Gasteiger partial charge >= 0.3 is 0 Å². The third-order valence-corrected chi connectivity index (χ3v) is 7.33. The van der Waals surface area contributed by atoms with E-state index in [1.54, 1.807) is 23.7 Å². The molecule has 4 rings (SSSR count). The Hall–Kier alpha value is -2.28. The minimum Gasteiger partial charge on any atom is -0.342 e. The highest BCUT2D eigenvalue weighted by Gasteiger charge is 2.37. The number of guanidine groups is 1. The highest BCUT2D eigenvalue weighted by molar-refractivity contribution is 8.03. The number of aromatic amines is 1. The molecule has 2 aromatic rings. The lowest BCUT2D eigenvalue weighted by molar-refractivity contribution is -0.114. The van der Waals surface area contributed by atoms with Gasteiger partial charge in [-0.25, -0.2) is 4.99 Å². The predicted molar refractivity (Wildman–Crippen MR) is 119 cm³/mol. The van der Waals surface area contributed by atoms with Gasteiger partial charge in [0.2, 0.25) is 12.4 Å². The molecular weight excluding hydrogens is 382 g/mol. The Bertz CT molecular complexity index is 918. The van der Waals surface area contributed by atoms with Gasteiger partial charge < -0.3 is 4.90 Å². The van der Waals surface area contributed by atoms with Crippen molar-refractivity contribution in [2.45, 2.75) is 50.3 Å². The highest BCUT2D eigenvalue weighted by atomic mass is 32.2. The van der Waals surface area contributed by atoms with Crippen molar-refractivity contribution in [2.75, 3.05) is 20.1 Å². The van der Waals surface area contributed by atoms with E-state index in [0.717, 1.165) is 46.2 Å². The van der Waals surface area contributed by atoms with Crippen molar-refractivity contribution in [2.24, 2.45) is 10.4 Å². The molecule has 7 heteroatoms. The van der Waals surface area contributed by atoms with E-state index in [9.17, 15) is 4.79 Å². The fourth-order valence-electron chi connectivity index (χ4n) is 4.63. The summed E-state index contributed by atoms with van der Waals surface area (Å²) in [6.07, 6.45) is 12.5. The quantitative estimate of drug-likeness (QED) is 0.345. The molecule has 1 aromatic heterocycles. The first-order chi connectivity index (χ1) is 14.1. The standard InChI is InChI=1S/C22H29N5OS/c1-17(29-20-7-5-6-19-18(20)15-24-25-19)14-23-21(26(2)16-28)27-12-10-22(11-13-27)8-3-4-9-22/h5-7,14-16H,3-4,8-13H2,1-2H3,(H,24,25)/b17-14+,23-21+. The van der Waals surface area contributed by atoms with Crippen LogP contribution in [0.5, 0.6) is 0 Å². The summed E-state index contributed by atoms with van der Waals surface area (Å²) in [4.78, 5) is 22.3. The lowest BCUT2D eigenvalue weighted by Crippen LogP contribution is -2.47. The predicted octanol–water partition coefficient (Wildman–Crippen LogP) is 4.62. The van der Waals surface area contributed by atoms with E-state index in [2.05, 4.69) is 28.1 Å². The SMILES string of the molecule is C/C(=C\N=C(/N(C)C=O)N1CCC2(CCCC2)CC1)Sc1cccc2[nH]ncc12. The first-order valence-electron chi connectivity index (χ1n) is 10.4.